The molecule has 0 unspecified atom stereocenters. The molecule has 7 heteroatoms. The summed E-state index contributed by atoms with van der Waals surface area (Å²) >= 11 is 0.456. The first kappa shape index (κ1) is 14.5. The monoisotopic (exact) mass is 316 g/mol. The zero-order valence-corrected chi connectivity index (χ0v) is 11.7. The van der Waals surface area contributed by atoms with Gasteiger partial charge in [0.25, 0.3) is 0 Å². The highest BCUT2D eigenvalue weighted by Crippen LogP contribution is 2.37. The summed E-state index contributed by atoms with van der Waals surface area (Å²) in [5.41, 5.74) is 1.01. The molecule has 112 valence electrons. The summed E-state index contributed by atoms with van der Waals surface area (Å²) in [6.45, 7) is 0.586. The lowest BCUT2D eigenvalue weighted by Gasteiger charge is -2.06. The van der Waals surface area contributed by atoms with Crippen LogP contribution in [0.15, 0.2) is 24.4 Å². The third-order valence-electron chi connectivity index (χ3n) is 3.22. The minimum absolute atomic E-state index is 0.165. The van der Waals surface area contributed by atoms with Crippen molar-refractivity contribution in [2.75, 3.05) is 0 Å². The van der Waals surface area contributed by atoms with Crippen molar-refractivity contribution in [2.45, 2.75) is 31.6 Å². The van der Waals surface area contributed by atoms with E-state index in [1.165, 1.54) is 6.07 Å². The highest BCUT2D eigenvalue weighted by molar-refractivity contribution is 7.15. The van der Waals surface area contributed by atoms with E-state index in [0.29, 0.717) is 23.9 Å². The van der Waals surface area contributed by atoms with Crippen LogP contribution in [0.25, 0.3) is 10.4 Å². The molecule has 0 bridgehead atoms. The SMILES string of the molecule is Fc1ccc(CNC2CC2)cc1-c1cnc(C(F)(F)F)s1. The van der Waals surface area contributed by atoms with Crippen LogP contribution in [-0.4, -0.2) is 11.0 Å². The molecule has 0 aliphatic heterocycles. The Morgan fingerprint density at radius 3 is 2.67 bits per heavy atom. The van der Waals surface area contributed by atoms with Gasteiger partial charge in [0.1, 0.15) is 5.82 Å². The second-order valence-corrected chi connectivity index (χ2v) is 6.03. The van der Waals surface area contributed by atoms with E-state index in [-0.39, 0.29) is 10.4 Å². The number of nitrogens with zero attached hydrogens (tertiary/aromatic N) is 1. The predicted molar refractivity (Wildman–Crippen MR) is 72.4 cm³/mol. The first-order valence-electron chi connectivity index (χ1n) is 6.48. The summed E-state index contributed by atoms with van der Waals surface area (Å²) in [6, 6.07) is 5.02. The number of rotatable bonds is 4. The Labute approximate surface area is 122 Å². The number of nitrogens with one attached hydrogen (secondary N) is 1. The summed E-state index contributed by atoms with van der Waals surface area (Å²) < 4.78 is 51.5. The van der Waals surface area contributed by atoms with Gasteiger partial charge in [0.05, 0.1) is 4.88 Å². The van der Waals surface area contributed by atoms with Gasteiger partial charge in [-0.1, -0.05) is 6.07 Å². The number of alkyl halides is 3. The van der Waals surface area contributed by atoms with Gasteiger partial charge in [0, 0.05) is 24.3 Å². The fourth-order valence-corrected chi connectivity index (χ4v) is 2.75. The number of hydrogen-bond donors (Lipinski definition) is 1. The van der Waals surface area contributed by atoms with E-state index >= 15 is 0 Å². The van der Waals surface area contributed by atoms with Crippen LogP contribution in [0.3, 0.4) is 0 Å². The average Bonchev–Trinajstić information content (AvgIpc) is 3.11. The van der Waals surface area contributed by atoms with Crippen LogP contribution < -0.4 is 5.32 Å². The van der Waals surface area contributed by atoms with Crippen molar-refractivity contribution in [1.82, 2.24) is 10.3 Å². The van der Waals surface area contributed by atoms with Crippen LogP contribution in [0.1, 0.15) is 23.4 Å². The topological polar surface area (TPSA) is 24.9 Å². The molecule has 0 atom stereocenters. The predicted octanol–water partition coefficient (Wildman–Crippen LogP) is 4.22. The smallest absolute Gasteiger partial charge is 0.310 e. The van der Waals surface area contributed by atoms with Gasteiger partial charge >= 0.3 is 6.18 Å². The average molecular weight is 316 g/mol. The number of aromatic nitrogens is 1. The number of benzene rings is 1. The fraction of sp³-hybridized carbons (Fsp3) is 0.357. The van der Waals surface area contributed by atoms with Crippen LogP contribution in [-0.2, 0) is 12.7 Å². The van der Waals surface area contributed by atoms with Gasteiger partial charge in [0.15, 0.2) is 5.01 Å². The quantitative estimate of drug-likeness (QED) is 0.854. The van der Waals surface area contributed by atoms with Gasteiger partial charge in [0.2, 0.25) is 0 Å². The Morgan fingerprint density at radius 2 is 2.05 bits per heavy atom. The number of thiazole rings is 1. The molecule has 2 aromatic rings. The highest BCUT2D eigenvalue weighted by Gasteiger charge is 2.34. The first-order valence-corrected chi connectivity index (χ1v) is 7.30. The van der Waals surface area contributed by atoms with E-state index in [4.69, 9.17) is 0 Å². The maximum absolute atomic E-state index is 13.8. The summed E-state index contributed by atoms with van der Waals surface area (Å²) in [5, 5.41) is 2.33. The minimum Gasteiger partial charge on any atom is -0.310 e. The molecular formula is C14H12F4N2S. The Bertz CT molecular complexity index is 647. The lowest BCUT2D eigenvalue weighted by atomic mass is 10.1. The molecule has 1 heterocycles. The van der Waals surface area contributed by atoms with Crippen molar-refractivity contribution in [3.05, 3.63) is 40.8 Å². The molecule has 1 fully saturated rings. The molecule has 21 heavy (non-hydrogen) atoms. The third kappa shape index (κ3) is 3.41. The Hall–Kier alpha value is -1.47. The molecule has 2 nitrogen and oxygen atoms in total. The van der Waals surface area contributed by atoms with Crippen molar-refractivity contribution in [1.29, 1.82) is 0 Å². The van der Waals surface area contributed by atoms with Crippen molar-refractivity contribution >= 4 is 11.3 Å². The molecule has 1 saturated carbocycles. The molecule has 1 aromatic heterocycles. The molecule has 0 amide bonds. The van der Waals surface area contributed by atoms with Crippen LogP contribution in [0, 0.1) is 5.82 Å². The second kappa shape index (κ2) is 5.38. The van der Waals surface area contributed by atoms with Gasteiger partial charge in [-0.05, 0) is 30.5 Å². The van der Waals surface area contributed by atoms with Crippen LogP contribution in [0.4, 0.5) is 17.6 Å². The zero-order chi connectivity index (χ0) is 15.0. The molecular weight excluding hydrogens is 304 g/mol. The largest absolute Gasteiger partial charge is 0.443 e. The van der Waals surface area contributed by atoms with E-state index < -0.39 is 17.0 Å². The summed E-state index contributed by atoms with van der Waals surface area (Å²) in [6.07, 6.45) is -1.15. The molecule has 1 aliphatic rings. The lowest BCUT2D eigenvalue weighted by molar-refractivity contribution is -0.137. The van der Waals surface area contributed by atoms with E-state index in [2.05, 4.69) is 10.3 Å². The fourth-order valence-electron chi connectivity index (χ4n) is 1.95. The number of hydrogen-bond acceptors (Lipinski definition) is 3. The Morgan fingerprint density at radius 1 is 1.29 bits per heavy atom. The van der Waals surface area contributed by atoms with Crippen LogP contribution >= 0.6 is 11.3 Å². The van der Waals surface area contributed by atoms with Crippen molar-refractivity contribution < 1.29 is 17.6 Å². The van der Waals surface area contributed by atoms with E-state index in [1.54, 1.807) is 12.1 Å². The second-order valence-electron chi connectivity index (χ2n) is 5.00. The molecule has 1 aromatic carbocycles. The third-order valence-corrected chi connectivity index (χ3v) is 4.29. The Balaban J connectivity index is 1.85. The summed E-state index contributed by atoms with van der Waals surface area (Å²) in [5.74, 6) is -0.539. The van der Waals surface area contributed by atoms with Gasteiger partial charge in [-0.2, -0.15) is 13.2 Å². The van der Waals surface area contributed by atoms with E-state index in [0.717, 1.165) is 24.6 Å². The van der Waals surface area contributed by atoms with Crippen LogP contribution in [0.2, 0.25) is 0 Å². The molecule has 0 radical (unpaired) electrons. The van der Waals surface area contributed by atoms with Crippen molar-refractivity contribution in [2.24, 2.45) is 0 Å². The van der Waals surface area contributed by atoms with Gasteiger partial charge < -0.3 is 5.32 Å². The Kier molecular flexibility index (Phi) is 3.71. The van der Waals surface area contributed by atoms with Crippen LogP contribution in [0.5, 0.6) is 0 Å². The van der Waals surface area contributed by atoms with Crippen molar-refractivity contribution in [3.63, 3.8) is 0 Å². The van der Waals surface area contributed by atoms with Gasteiger partial charge in [-0.15, -0.1) is 11.3 Å². The van der Waals surface area contributed by atoms with Crippen molar-refractivity contribution in [3.8, 4) is 10.4 Å². The maximum Gasteiger partial charge on any atom is 0.443 e. The normalized spacial score (nSPS) is 15.4. The molecule has 1 aliphatic carbocycles. The summed E-state index contributed by atoms with van der Waals surface area (Å²) in [7, 11) is 0. The molecule has 1 N–H and O–H groups in total. The maximum atomic E-state index is 13.8. The minimum atomic E-state index is -4.50. The lowest BCUT2D eigenvalue weighted by Crippen LogP contribution is -2.15. The summed E-state index contributed by atoms with van der Waals surface area (Å²) in [4.78, 5) is 3.52. The standard InChI is InChI=1S/C14H12F4N2S/c15-11-4-1-8(6-19-9-2-3-9)5-10(11)12-7-20-13(21-12)14(16,17)18/h1,4-5,7,9,19H,2-3,6H2. The molecule has 3 rings (SSSR count). The molecule has 0 spiro atoms. The van der Waals surface area contributed by atoms with Gasteiger partial charge in [-0.25, -0.2) is 9.37 Å². The first-order chi connectivity index (χ1) is 9.93. The zero-order valence-electron chi connectivity index (χ0n) is 10.9. The molecule has 0 saturated heterocycles. The highest BCUT2D eigenvalue weighted by atomic mass is 32.1. The van der Waals surface area contributed by atoms with E-state index in [9.17, 15) is 17.6 Å². The number of halogens is 4. The van der Waals surface area contributed by atoms with E-state index in [1.807, 2.05) is 0 Å². The van der Waals surface area contributed by atoms with Gasteiger partial charge in [-0.3, -0.25) is 0 Å².